The number of halogens is 1. The van der Waals surface area contributed by atoms with Gasteiger partial charge in [0.25, 0.3) is 0 Å². The topological polar surface area (TPSA) is 82.1 Å². The summed E-state index contributed by atoms with van der Waals surface area (Å²) in [5.41, 5.74) is 11.2. The molecule has 242 valence electrons. The average molecular weight is 605 g/mol. The lowest BCUT2D eigenvalue weighted by Gasteiger charge is -2.31. The number of hydrogen-bond acceptors (Lipinski definition) is 6. The van der Waals surface area contributed by atoms with E-state index in [1.165, 1.54) is 74.0 Å². The summed E-state index contributed by atoms with van der Waals surface area (Å²) in [4.78, 5) is 14.8. The van der Waals surface area contributed by atoms with E-state index < -0.39 is 6.17 Å². The number of alkyl halides is 1. The second-order valence-electron chi connectivity index (χ2n) is 13.5. The summed E-state index contributed by atoms with van der Waals surface area (Å²) in [5.74, 6) is 3.34. The Labute approximate surface area is 266 Å². The molecule has 1 aromatic heterocycles. The first-order valence-electron chi connectivity index (χ1n) is 17.6. The van der Waals surface area contributed by atoms with Gasteiger partial charge in [-0.1, -0.05) is 46.6 Å². The van der Waals surface area contributed by atoms with Crippen molar-refractivity contribution in [3.8, 4) is 6.07 Å². The van der Waals surface area contributed by atoms with Crippen LogP contribution in [-0.4, -0.2) is 52.8 Å². The minimum atomic E-state index is -0.551. The van der Waals surface area contributed by atoms with Crippen LogP contribution in [0.5, 0.6) is 0 Å². The van der Waals surface area contributed by atoms with E-state index in [0.29, 0.717) is 29.6 Å². The molecule has 7 heteroatoms. The Balaban J connectivity index is 0.000000307. The van der Waals surface area contributed by atoms with Gasteiger partial charge in [-0.05, 0) is 107 Å². The van der Waals surface area contributed by atoms with Crippen LogP contribution >= 0.6 is 0 Å². The number of hydrogen-bond donors (Lipinski definition) is 1. The third-order valence-corrected chi connectivity index (χ3v) is 10.4. The Morgan fingerprint density at radius 1 is 1.11 bits per heavy atom. The molecule has 0 saturated carbocycles. The minimum absolute atomic E-state index is 0.236. The monoisotopic (exact) mass is 604 g/mol. The lowest BCUT2D eigenvalue weighted by molar-refractivity contribution is 0.217. The highest BCUT2D eigenvalue weighted by atomic mass is 19.1. The van der Waals surface area contributed by atoms with Gasteiger partial charge in [-0.15, -0.1) is 0 Å². The zero-order valence-corrected chi connectivity index (χ0v) is 28.2. The number of nitriles is 1. The zero-order chi connectivity index (χ0) is 31.7. The van der Waals surface area contributed by atoms with Crippen molar-refractivity contribution in [2.75, 3.05) is 36.8 Å². The van der Waals surface area contributed by atoms with Crippen LogP contribution in [0.3, 0.4) is 0 Å². The predicted molar refractivity (Wildman–Crippen MR) is 181 cm³/mol. The van der Waals surface area contributed by atoms with E-state index in [0.717, 1.165) is 57.6 Å². The Morgan fingerprint density at radius 3 is 2.55 bits per heavy atom. The van der Waals surface area contributed by atoms with E-state index in [1.54, 1.807) is 0 Å². The Kier molecular flexibility index (Phi) is 12.4. The molecule has 2 aromatic rings. The summed E-state index contributed by atoms with van der Waals surface area (Å²) >= 11 is 0. The Bertz CT molecular complexity index is 1250. The molecule has 4 unspecified atom stereocenters. The molecule has 1 aromatic carbocycles. The van der Waals surface area contributed by atoms with Gasteiger partial charge >= 0.3 is 0 Å². The maximum absolute atomic E-state index is 12.8. The maximum atomic E-state index is 12.8. The quantitative estimate of drug-likeness (QED) is 0.335. The van der Waals surface area contributed by atoms with Gasteiger partial charge in [-0.2, -0.15) is 5.26 Å². The highest BCUT2D eigenvalue weighted by molar-refractivity contribution is 5.55. The number of rotatable bonds is 6. The lowest BCUT2D eigenvalue weighted by atomic mass is 9.81. The van der Waals surface area contributed by atoms with Crippen LogP contribution in [0.4, 0.5) is 15.9 Å². The van der Waals surface area contributed by atoms with Crippen molar-refractivity contribution in [1.82, 2.24) is 14.9 Å². The van der Waals surface area contributed by atoms with E-state index in [-0.39, 0.29) is 5.54 Å². The minimum Gasteiger partial charge on any atom is -0.398 e. The van der Waals surface area contributed by atoms with Crippen LogP contribution in [0.15, 0.2) is 18.2 Å². The Hall–Kier alpha value is -2.72. The predicted octanol–water partition coefficient (Wildman–Crippen LogP) is 8.17. The first-order chi connectivity index (χ1) is 21.3. The van der Waals surface area contributed by atoms with Gasteiger partial charge in [-0.25, -0.2) is 14.4 Å². The van der Waals surface area contributed by atoms with Crippen molar-refractivity contribution in [3.63, 3.8) is 0 Å². The van der Waals surface area contributed by atoms with E-state index in [9.17, 15) is 9.65 Å². The summed E-state index contributed by atoms with van der Waals surface area (Å²) in [6, 6.07) is 8.12. The molecule has 0 radical (unpaired) electrons. The van der Waals surface area contributed by atoms with Crippen LogP contribution < -0.4 is 10.6 Å². The Morgan fingerprint density at radius 2 is 1.86 bits per heavy atom. The summed E-state index contributed by atoms with van der Waals surface area (Å²) in [6.45, 7) is 14.7. The van der Waals surface area contributed by atoms with Crippen molar-refractivity contribution in [2.45, 2.75) is 136 Å². The van der Waals surface area contributed by atoms with Gasteiger partial charge in [0, 0.05) is 48.5 Å². The summed E-state index contributed by atoms with van der Waals surface area (Å²) in [6.07, 6.45) is 14.5. The van der Waals surface area contributed by atoms with Crippen molar-refractivity contribution in [1.29, 1.82) is 5.26 Å². The van der Waals surface area contributed by atoms with Crippen LogP contribution in [0.2, 0.25) is 0 Å². The fraction of sp³-hybridized carbons (Fsp3) is 0.703. The summed E-state index contributed by atoms with van der Waals surface area (Å²) < 4.78 is 12.8. The molecular weight excluding hydrogens is 547 g/mol. The number of fused-ring (bicyclic) bond motifs is 2. The van der Waals surface area contributed by atoms with Crippen molar-refractivity contribution in [3.05, 3.63) is 46.4 Å². The van der Waals surface area contributed by atoms with Gasteiger partial charge in [0.1, 0.15) is 23.9 Å². The van der Waals surface area contributed by atoms with Crippen LogP contribution in [0.1, 0.15) is 133 Å². The number of nitrogens with zero attached hydrogens (tertiary/aromatic N) is 5. The van der Waals surface area contributed by atoms with E-state index >= 15 is 0 Å². The third-order valence-electron chi connectivity index (χ3n) is 10.4. The summed E-state index contributed by atoms with van der Waals surface area (Å²) in [7, 11) is 0. The number of nitrogen functional groups attached to an aromatic ring is 1. The molecule has 1 aliphatic carbocycles. The molecule has 3 aliphatic heterocycles. The highest BCUT2D eigenvalue weighted by Crippen LogP contribution is 2.39. The number of nitrogens with two attached hydrogens (primary N) is 1. The molecule has 44 heavy (non-hydrogen) atoms. The van der Waals surface area contributed by atoms with Crippen LogP contribution in [0, 0.1) is 17.2 Å². The van der Waals surface area contributed by atoms with Crippen LogP contribution in [-0.2, 0) is 19.3 Å². The molecule has 3 saturated heterocycles. The molecule has 3 fully saturated rings. The number of anilines is 2. The van der Waals surface area contributed by atoms with Crippen molar-refractivity contribution in [2.24, 2.45) is 5.92 Å². The first-order valence-corrected chi connectivity index (χ1v) is 17.6. The fourth-order valence-electron chi connectivity index (χ4n) is 7.70. The molecule has 6 rings (SSSR count). The molecule has 4 atom stereocenters. The van der Waals surface area contributed by atoms with Crippen LogP contribution in [0.25, 0.3) is 0 Å². The van der Waals surface area contributed by atoms with E-state index in [2.05, 4.69) is 42.7 Å². The fourth-order valence-corrected chi connectivity index (χ4v) is 7.70. The van der Waals surface area contributed by atoms with Crippen molar-refractivity contribution < 1.29 is 4.39 Å². The van der Waals surface area contributed by atoms with Gasteiger partial charge in [0.2, 0.25) is 0 Å². The molecule has 4 aliphatic rings. The molecular formula is C37H57FN6. The SMILES string of the molecule is CC.CC12CCCN1CC(F)C2.CCc1nc2c(c(N3CCCCCC3)n1)CCC(CCC(C)c1ccc(N)c(C#N)c1)C2. The first kappa shape index (κ1) is 34.2. The highest BCUT2D eigenvalue weighted by Gasteiger charge is 2.44. The number of aromatic nitrogens is 2. The summed E-state index contributed by atoms with van der Waals surface area (Å²) in [5, 5.41) is 9.28. The lowest BCUT2D eigenvalue weighted by Crippen LogP contribution is -2.34. The second-order valence-corrected chi connectivity index (χ2v) is 13.5. The third kappa shape index (κ3) is 8.30. The molecule has 4 heterocycles. The molecule has 0 bridgehead atoms. The van der Waals surface area contributed by atoms with Gasteiger partial charge in [0.05, 0.1) is 5.56 Å². The molecule has 6 nitrogen and oxygen atoms in total. The average Bonchev–Trinajstić information content (AvgIpc) is 3.38. The number of aryl methyl sites for hydroxylation is 1. The molecule has 0 spiro atoms. The largest absolute Gasteiger partial charge is 0.398 e. The van der Waals surface area contributed by atoms with E-state index in [4.69, 9.17) is 15.7 Å². The molecule has 2 N–H and O–H groups in total. The van der Waals surface area contributed by atoms with Gasteiger partial charge in [-0.3, -0.25) is 4.90 Å². The number of benzene rings is 1. The van der Waals surface area contributed by atoms with E-state index in [1.807, 2.05) is 26.0 Å². The smallest absolute Gasteiger partial charge is 0.135 e. The van der Waals surface area contributed by atoms with Crippen molar-refractivity contribution >= 4 is 11.5 Å². The standard InChI is InChI=1S/C27H37N5.C8H14FN.C2H6/c1-3-26-30-25-16-20(9-8-19(2)21-11-13-24(29)22(17-21)18-28)10-12-23(25)27(31-26)32-14-6-4-5-7-15-32;1-8-3-2-4-10(8)6-7(9)5-8;1-2/h11,13,17,19-20H,3-10,12,14-16,29H2,1-2H3;7H,2-6H2,1H3;1-2H3. The maximum Gasteiger partial charge on any atom is 0.135 e. The zero-order valence-electron chi connectivity index (χ0n) is 28.2. The molecule has 0 amide bonds. The second kappa shape index (κ2) is 16.0. The van der Waals surface area contributed by atoms with Gasteiger partial charge < -0.3 is 10.6 Å². The normalized spacial score (nSPS) is 25.3. The van der Waals surface area contributed by atoms with Gasteiger partial charge in [0.15, 0.2) is 0 Å².